The molecule has 1 aromatic carbocycles. The molecule has 0 fully saturated rings. The number of benzene rings is 1. The summed E-state index contributed by atoms with van der Waals surface area (Å²) in [6.07, 6.45) is 3.05. The van der Waals surface area contributed by atoms with Gasteiger partial charge in [0.1, 0.15) is 5.75 Å². The number of allylic oxidation sites excluding steroid dienone is 1. The Bertz CT molecular complexity index is 290. The molecule has 2 heteroatoms. The van der Waals surface area contributed by atoms with Gasteiger partial charge in [0, 0.05) is 11.5 Å². The number of halogens is 1. The fraction of sp³-hybridized carbons (Fsp3) is 0.333. The lowest BCUT2D eigenvalue weighted by Gasteiger charge is -2.10. The van der Waals surface area contributed by atoms with E-state index in [1.807, 2.05) is 18.2 Å². The Morgan fingerprint density at radius 2 is 2.00 bits per heavy atom. The van der Waals surface area contributed by atoms with Gasteiger partial charge in [-0.1, -0.05) is 36.7 Å². The third-order valence-corrected chi connectivity index (χ3v) is 2.43. The van der Waals surface area contributed by atoms with Gasteiger partial charge in [0.2, 0.25) is 0 Å². The van der Waals surface area contributed by atoms with Gasteiger partial charge in [-0.3, -0.25) is 0 Å². The Labute approximate surface area is 90.3 Å². The monoisotopic (exact) mass is 210 g/mol. The summed E-state index contributed by atoms with van der Waals surface area (Å²) >= 11 is 5.58. The second-order valence-corrected chi connectivity index (χ2v) is 3.36. The van der Waals surface area contributed by atoms with Gasteiger partial charge in [0.05, 0.1) is 7.11 Å². The Hall–Kier alpha value is -0.950. The van der Waals surface area contributed by atoms with Crippen LogP contribution >= 0.6 is 11.6 Å². The van der Waals surface area contributed by atoms with Crippen LogP contribution in [0.15, 0.2) is 35.9 Å². The van der Waals surface area contributed by atoms with Crippen molar-refractivity contribution in [3.05, 3.63) is 41.4 Å². The Kier molecular flexibility index (Phi) is 4.54. The summed E-state index contributed by atoms with van der Waals surface area (Å²) in [6, 6.07) is 8.09. The van der Waals surface area contributed by atoms with Crippen LogP contribution in [0.5, 0.6) is 5.75 Å². The van der Waals surface area contributed by atoms with E-state index in [1.165, 1.54) is 5.56 Å². The molecule has 1 atom stereocenters. The first-order valence-corrected chi connectivity index (χ1v) is 5.16. The van der Waals surface area contributed by atoms with Crippen molar-refractivity contribution < 1.29 is 4.74 Å². The van der Waals surface area contributed by atoms with Crippen molar-refractivity contribution in [2.75, 3.05) is 7.11 Å². The van der Waals surface area contributed by atoms with Gasteiger partial charge in [0.15, 0.2) is 0 Å². The van der Waals surface area contributed by atoms with Crippen molar-refractivity contribution in [2.45, 2.75) is 19.3 Å². The van der Waals surface area contributed by atoms with E-state index >= 15 is 0 Å². The summed E-state index contributed by atoms with van der Waals surface area (Å²) in [5.74, 6) is 1.29. The van der Waals surface area contributed by atoms with Crippen LogP contribution in [-0.2, 0) is 0 Å². The van der Waals surface area contributed by atoms with Crippen molar-refractivity contribution in [1.29, 1.82) is 0 Å². The average molecular weight is 211 g/mol. The molecule has 76 valence electrons. The Morgan fingerprint density at radius 3 is 2.43 bits per heavy atom. The van der Waals surface area contributed by atoms with Crippen LogP contribution in [-0.4, -0.2) is 7.11 Å². The summed E-state index contributed by atoms with van der Waals surface area (Å²) in [4.78, 5) is 0. The van der Waals surface area contributed by atoms with E-state index in [0.29, 0.717) is 5.92 Å². The van der Waals surface area contributed by atoms with Crippen molar-refractivity contribution in [3.8, 4) is 5.75 Å². The molecule has 0 amide bonds. The van der Waals surface area contributed by atoms with E-state index in [1.54, 1.807) is 12.6 Å². The first-order chi connectivity index (χ1) is 6.81. The van der Waals surface area contributed by atoms with E-state index in [9.17, 15) is 0 Å². The summed E-state index contributed by atoms with van der Waals surface area (Å²) < 4.78 is 5.10. The molecule has 0 aliphatic heterocycles. The number of hydrogen-bond acceptors (Lipinski definition) is 1. The smallest absolute Gasteiger partial charge is 0.118 e. The summed E-state index contributed by atoms with van der Waals surface area (Å²) in [5, 5.41) is 0. The molecule has 0 heterocycles. The lowest BCUT2D eigenvalue weighted by molar-refractivity contribution is 0.414. The number of methoxy groups -OCH3 is 1. The van der Waals surface area contributed by atoms with Gasteiger partial charge in [-0.15, -0.1) is 0 Å². The zero-order valence-corrected chi connectivity index (χ0v) is 9.29. The third kappa shape index (κ3) is 2.78. The summed E-state index contributed by atoms with van der Waals surface area (Å²) in [7, 11) is 1.67. The molecule has 1 aromatic rings. The second-order valence-electron chi connectivity index (χ2n) is 3.11. The molecule has 0 aliphatic carbocycles. The largest absolute Gasteiger partial charge is 0.497 e. The molecule has 0 aliphatic rings. The van der Waals surface area contributed by atoms with Gasteiger partial charge in [-0.25, -0.2) is 0 Å². The average Bonchev–Trinajstić information content (AvgIpc) is 2.26. The minimum Gasteiger partial charge on any atom is -0.497 e. The van der Waals surface area contributed by atoms with E-state index in [0.717, 1.165) is 12.2 Å². The molecule has 0 N–H and O–H groups in total. The Balaban J connectivity index is 2.83. The van der Waals surface area contributed by atoms with Crippen LogP contribution in [0.25, 0.3) is 0 Å². The molecule has 1 rings (SSSR count). The zero-order valence-electron chi connectivity index (χ0n) is 8.53. The normalized spacial score (nSPS) is 13.1. The second kappa shape index (κ2) is 5.71. The summed E-state index contributed by atoms with van der Waals surface area (Å²) in [6.45, 7) is 2.14. The Morgan fingerprint density at radius 1 is 1.36 bits per heavy atom. The maximum Gasteiger partial charge on any atom is 0.118 e. The lowest BCUT2D eigenvalue weighted by Crippen LogP contribution is -1.92. The molecule has 0 bridgehead atoms. The van der Waals surface area contributed by atoms with Gasteiger partial charge in [0.25, 0.3) is 0 Å². The fourth-order valence-electron chi connectivity index (χ4n) is 1.42. The fourth-order valence-corrected chi connectivity index (χ4v) is 1.60. The maximum atomic E-state index is 5.58. The molecule has 0 unspecified atom stereocenters. The van der Waals surface area contributed by atoms with Crippen LogP contribution < -0.4 is 4.74 Å². The molecule has 14 heavy (non-hydrogen) atoms. The number of hydrogen-bond donors (Lipinski definition) is 0. The molecule has 0 saturated carbocycles. The van der Waals surface area contributed by atoms with Crippen molar-refractivity contribution in [2.24, 2.45) is 0 Å². The quantitative estimate of drug-likeness (QED) is 0.732. The molecular formula is C12H15ClO. The zero-order chi connectivity index (χ0) is 10.4. The highest BCUT2D eigenvalue weighted by molar-refractivity contribution is 6.25. The highest BCUT2D eigenvalue weighted by Crippen LogP contribution is 2.23. The standard InChI is InChI=1S/C12H15ClO/c1-3-10(8-9-13)11-4-6-12(14-2)7-5-11/h4-10H,3H2,1-2H3/b9-8-/t10-/m1/s1. The van der Waals surface area contributed by atoms with Gasteiger partial charge >= 0.3 is 0 Å². The first kappa shape index (κ1) is 11.1. The highest BCUT2D eigenvalue weighted by Gasteiger charge is 2.04. The van der Waals surface area contributed by atoms with E-state index in [-0.39, 0.29) is 0 Å². The first-order valence-electron chi connectivity index (χ1n) is 4.72. The maximum absolute atomic E-state index is 5.58. The van der Waals surface area contributed by atoms with Crippen LogP contribution in [0.2, 0.25) is 0 Å². The van der Waals surface area contributed by atoms with Gasteiger partial charge < -0.3 is 4.74 Å². The third-order valence-electron chi connectivity index (χ3n) is 2.29. The van der Waals surface area contributed by atoms with Gasteiger partial charge in [-0.05, 0) is 24.1 Å². The van der Waals surface area contributed by atoms with E-state index < -0.39 is 0 Å². The number of ether oxygens (including phenoxy) is 1. The predicted molar refractivity (Wildman–Crippen MR) is 61.0 cm³/mol. The van der Waals surface area contributed by atoms with Crippen LogP contribution in [0.4, 0.5) is 0 Å². The van der Waals surface area contributed by atoms with E-state index in [4.69, 9.17) is 16.3 Å². The lowest BCUT2D eigenvalue weighted by atomic mass is 9.97. The number of rotatable bonds is 4. The minimum atomic E-state index is 0.401. The van der Waals surface area contributed by atoms with Gasteiger partial charge in [-0.2, -0.15) is 0 Å². The molecule has 0 aromatic heterocycles. The molecule has 0 saturated heterocycles. The molecule has 1 nitrogen and oxygen atoms in total. The topological polar surface area (TPSA) is 9.23 Å². The van der Waals surface area contributed by atoms with Crippen molar-refractivity contribution >= 4 is 11.6 Å². The molecule has 0 radical (unpaired) electrons. The van der Waals surface area contributed by atoms with Crippen LogP contribution in [0, 0.1) is 0 Å². The minimum absolute atomic E-state index is 0.401. The van der Waals surface area contributed by atoms with E-state index in [2.05, 4.69) is 19.1 Å². The molecule has 0 spiro atoms. The summed E-state index contributed by atoms with van der Waals surface area (Å²) in [5.41, 5.74) is 2.85. The van der Waals surface area contributed by atoms with Crippen LogP contribution in [0.1, 0.15) is 24.8 Å². The molecular weight excluding hydrogens is 196 g/mol. The highest BCUT2D eigenvalue weighted by atomic mass is 35.5. The SMILES string of the molecule is CC[C@H](/C=C\Cl)c1ccc(OC)cc1. The predicted octanol–water partition coefficient (Wildman–Crippen LogP) is 3.94. The van der Waals surface area contributed by atoms with Crippen molar-refractivity contribution in [3.63, 3.8) is 0 Å². The van der Waals surface area contributed by atoms with Crippen LogP contribution in [0.3, 0.4) is 0 Å². The van der Waals surface area contributed by atoms with Crippen molar-refractivity contribution in [1.82, 2.24) is 0 Å².